The van der Waals surface area contributed by atoms with Crippen LogP contribution in [0.4, 0.5) is 17.1 Å². The van der Waals surface area contributed by atoms with Gasteiger partial charge < -0.3 is 69.3 Å². The molecule has 4 heterocycles. The van der Waals surface area contributed by atoms with E-state index < -0.39 is 31.0 Å². The first kappa shape index (κ1) is 58.1. The first-order valence-electron chi connectivity index (χ1n) is 26.2. The topological polar surface area (TPSA) is 236 Å². The Morgan fingerprint density at radius 2 is 1.41 bits per heavy atom. The van der Waals surface area contributed by atoms with E-state index in [1.165, 1.54) is 31.0 Å². The third kappa shape index (κ3) is 16.2. The van der Waals surface area contributed by atoms with Crippen molar-refractivity contribution in [2.75, 3.05) is 110 Å². The summed E-state index contributed by atoms with van der Waals surface area (Å²) in [6.07, 6.45) is 5.93. The third-order valence-electron chi connectivity index (χ3n) is 13.9. The Labute approximate surface area is 449 Å². The summed E-state index contributed by atoms with van der Waals surface area (Å²) in [6, 6.07) is 13.6. The van der Waals surface area contributed by atoms with Crippen molar-refractivity contribution >= 4 is 57.1 Å². The van der Waals surface area contributed by atoms with Gasteiger partial charge in [-0.25, -0.2) is 4.90 Å². The Kier molecular flexibility index (Phi) is 23.0. The van der Waals surface area contributed by atoms with E-state index in [9.17, 15) is 30.5 Å². The molecule has 0 bridgehead atoms. The van der Waals surface area contributed by atoms with Crippen molar-refractivity contribution in [3.05, 3.63) is 75.4 Å². The molecule has 3 aromatic carbocycles. The maximum Gasteiger partial charge on any atom is 0.224 e. The molecule has 410 valence electrons. The molecule has 4 aromatic rings. The zero-order valence-corrected chi connectivity index (χ0v) is 44.6. The minimum absolute atomic E-state index is 0.184. The summed E-state index contributed by atoms with van der Waals surface area (Å²) >= 11 is 12.8. The SMILES string of the molecule is COc1cc(Nc2c(C#N)cnc3cc(OCCCN4CCN(CCCCCCOCCOCCOCCCCCC(=O)Nc5cccc6c5C(O)N(C5CCC(O)NC5O)C6O)CC4)c(OC)cc23)c(Cl)cc1Cl. The van der Waals surface area contributed by atoms with E-state index in [4.69, 9.17) is 51.6 Å². The van der Waals surface area contributed by atoms with Crippen molar-refractivity contribution in [2.45, 2.75) is 102 Å². The van der Waals surface area contributed by atoms with Gasteiger partial charge in [-0.05, 0) is 69.7 Å². The number of carbonyl (C=O) groups is 1. The molecular weight excluding hydrogens is 1010 g/mol. The summed E-state index contributed by atoms with van der Waals surface area (Å²) in [5.41, 5.74) is 3.35. The van der Waals surface area contributed by atoms with Crippen LogP contribution in [0.15, 0.2) is 48.7 Å². The number of piperazine rings is 1. The standard InChI is InChI=1S/C54H74Cl2N8O11/c1-70-45-33-43(39(55)31-40(45)56)60-51-36(34-57)35-58-42-32-47(46(71-2)30-38(42)51)75-25-11-18-63-21-19-62(20-22-63)17-7-3-4-8-23-72-26-28-74-29-27-73-24-9-5-6-14-48(65)59-41-13-10-12-37-50(41)54(69)64(53(37)68)44-15-16-49(66)61-52(44)67/h10,12-13,30-33,35,44,49,52-54,61,66-69H,3-9,11,14-29H2,1-2H3,(H,58,60)(H,59,65). The van der Waals surface area contributed by atoms with Gasteiger partial charge in [-0.1, -0.05) is 54.6 Å². The second kappa shape index (κ2) is 29.8. The third-order valence-corrected chi connectivity index (χ3v) is 14.5. The number of halogens is 2. The first-order chi connectivity index (χ1) is 36.5. The average molecular weight is 1080 g/mol. The van der Waals surface area contributed by atoms with E-state index >= 15 is 0 Å². The number of unbranched alkanes of at least 4 members (excludes halogenated alkanes) is 5. The molecule has 75 heavy (non-hydrogen) atoms. The van der Waals surface area contributed by atoms with Crippen LogP contribution in [0, 0.1) is 11.3 Å². The van der Waals surface area contributed by atoms with Crippen molar-refractivity contribution in [3.8, 4) is 23.3 Å². The molecule has 7 N–H and O–H groups in total. The molecule has 0 saturated carbocycles. The number of nitrogens with one attached hydrogen (secondary N) is 3. The highest BCUT2D eigenvalue weighted by molar-refractivity contribution is 6.37. The van der Waals surface area contributed by atoms with Crippen LogP contribution in [0.25, 0.3) is 10.9 Å². The van der Waals surface area contributed by atoms with Gasteiger partial charge in [-0.2, -0.15) is 5.26 Å². The van der Waals surface area contributed by atoms with E-state index in [2.05, 4.69) is 36.8 Å². The highest BCUT2D eigenvalue weighted by Crippen LogP contribution is 2.46. The van der Waals surface area contributed by atoms with Crippen molar-refractivity contribution in [1.82, 2.24) is 25.0 Å². The maximum atomic E-state index is 12.8. The monoisotopic (exact) mass is 1080 g/mol. The number of rotatable bonds is 30. The number of piperidine rings is 1. The number of anilines is 3. The Morgan fingerprint density at radius 1 is 0.747 bits per heavy atom. The lowest BCUT2D eigenvalue weighted by Gasteiger charge is -2.40. The highest BCUT2D eigenvalue weighted by Gasteiger charge is 2.46. The number of aromatic nitrogens is 1. The lowest BCUT2D eigenvalue weighted by Crippen LogP contribution is -2.57. The van der Waals surface area contributed by atoms with Crippen LogP contribution in [0.1, 0.15) is 99.8 Å². The Morgan fingerprint density at radius 3 is 2.09 bits per heavy atom. The van der Waals surface area contributed by atoms with Gasteiger partial charge in [-0.15, -0.1) is 0 Å². The van der Waals surface area contributed by atoms with E-state index in [0.29, 0.717) is 137 Å². The number of hydrogen-bond acceptors (Lipinski definition) is 18. The van der Waals surface area contributed by atoms with Crippen LogP contribution in [0.5, 0.6) is 17.2 Å². The second-order valence-electron chi connectivity index (χ2n) is 19.0. The molecule has 0 aliphatic carbocycles. The molecule has 3 aliphatic rings. The number of aliphatic hydroxyl groups is 4. The van der Waals surface area contributed by atoms with E-state index in [1.807, 2.05) is 12.1 Å². The largest absolute Gasteiger partial charge is 0.495 e. The highest BCUT2D eigenvalue weighted by atomic mass is 35.5. The molecular formula is C54H74Cl2N8O11. The smallest absolute Gasteiger partial charge is 0.224 e. The summed E-state index contributed by atoms with van der Waals surface area (Å²) in [4.78, 5) is 23.8. The predicted molar refractivity (Wildman–Crippen MR) is 287 cm³/mol. The number of aliphatic hydroxyl groups excluding tert-OH is 4. The van der Waals surface area contributed by atoms with E-state index in [1.54, 1.807) is 37.4 Å². The molecule has 7 rings (SSSR count). The number of methoxy groups -OCH3 is 2. The molecule has 0 spiro atoms. The number of pyridine rings is 1. The van der Waals surface area contributed by atoms with Gasteiger partial charge in [0.05, 0.1) is 85.8 Å². The number of ether oxygens (including phenoxy) is 6. The molecule has 1 aromatic heterocycles. The van der Waals surface area contributed by atoms with Gasteiger partial charge in [0, 0.05) is 92.9 Å². The number of fused-ring (bicyclic) bond motifs is 2. The van der Waals surface area contributed by atoms with Crippen LogP contribution in [-0.4, -0.2) is 164 Å². The van der Waals surface area contributed by atoms with Crippen LogP contribution < -0.4 is 30.2 Å². The van der Waals surface area contributed by atoms with Crippen LogP contribution in [0.3, 0.4) is 0 Å². The number of benzene rings is 3. The van der Waals surface area contributed by atoms with Gasteiger partial charge >= 0.3 is 0 Å². The molecule has 19 nitrogen and oxygen atoms in total. The molecule has 5 atom stereocenters. The molecule has 5 unspecified atom stereocenters. The average Bonchev–Trinajstić information content (AvgIpc) is 3.67. The number of nitrogens with zero attached hydrogens (tertiary/aromatic N) is 5. The fourth-order valence-corrected chi connectivity index (χ4v) is 10.3. The fraction of sp³-hybridized carbons (Fsp3) is 0.574. The Bertz CT molecular complexity index is 2500. The summed E-state index contributed by atoms with van der Waals surface area (Å²) in [7, 11) is 3.11. The predicted octanol–water partition coefficient (Wildman–Crippen LogP) is 7.06. The lowest BCUT2D eigenvalue weighted by molar-refractivity contribution is -0.158. The Balaban J connectivity index is 0.656. The second-order valence-corrected chi connectivity index (χ2v) is 19.9. The quantitative estimate of drug-likeness (QED) is 0.0259. The summed E-state index contributed by atoms with van der Waals surface area (Å²) in [5, 5.41) is 62.6. The van der Waals surface area contributed by atoms with Crippen molar-refractivity contribution in [3.63, 3.8) is 0 Å². The molecule has 0 radical (unpaired) electrons. The van der Waals surface area contributed by atoms with Crippen LogP contribution >= 0.6 is 23.2 Å². The molecule has 21 heteroatoms. The van der Waals surface area contributed by atoms with Crippen LogP contribution in [-0.2, 0) is 19.0 Å². The van der Waals surface area contributed by atoms with Crippen molar-refractivity contribution in [1.29, 1.82) is 5.26 Å². The molecule has 2 fully saturated rings. The van der Waals surface area contributed by atoms with E-state index in [0.717, 1.165) is 78.0 Å². The zero-order chi connectivity index (χ0) is 53.1. The maximum absolute atomic E-state index is 12.8. The van der Waals surface area contributed by atoms with E-state index in [-0.39, 0.29) is 5.91 Å². The van der Waals surface area contributed by atoms with Crippen molar-refractivity contribution < 1.29 is 53.6 Å². The van der Waals surface area contributed by atoms with Gasteiger partial charge in [0.1, 0.15) is 36.7 Å². The number of hydrogen-bond donors (Lipinski definition) is 7. The van der Waals surface area contributed by atoms with Gasteiger partial charge in [0.25, 0.3) is 0 Å². The number of amides is 1. The fourth-order valence-electron chi connectivity index (χ4n) is 9.83. The first-order valence-corrected chi connectivity index (χ1v) is 26.9. The lowest BCUT2D eigenvalue weighted by atomic mass is 10.0. The minimum Gasteiger partial charge on any atom is -0.495 e. The summed E-state index contributed by atoms with van der Waals surface area (Å²) in [6.45, 7) is 10.2. The van der Waals surface area contributed by atoms with Crippen molar-refractivity contribution in [2.24, 2.45) is 0 Å². The minimum atomic E-state index is -1.23. The van der Waals surface area contributed by atoms with Gasteiger partial charge in [0.2, 0.25) is 5.91 Å². The number of nitriles is 1. The van der Waals surface area contributed by atoms with Gasteiger partial charge in [0.15, 0.2) is 11.5 Å². The summed E-state index contributed by atoms with van der Waals surface area (Å²) < 4.78 is 34.5. The summed E-state index contributed by atoms with van der Waals surface area (Å²) in [5.74, 6) is 1.38. The molecule has 3 aliphatic heterocycles. The Hall–Kier alpha value is -4.63. The van der Waals surface area contributed by atoms with Gasteiger partial charge in [-0.3, -0.25) is 15.1 Å². The molecule has 2 saturated heterocycles. The van der Waals surface area contributed by atoms with Crippen LogP contribution in [0.2, 0.25) is 10.0 Å². The molecule has 1 amide bonds. The zero-order valence-electron chi connectivity index (χ0n) is 43.1. The number of carbonyl (C=O) groups excluding carboxylic acids is 1. The normalized spacial score (nSPS) is 20.2.